The molecule has 2 fully saturated rings. The Hall–Kier alpha value is -1.59. The van der Waals surface area contributed by atoms with Gasteiger partial charge in [-0.25, -0.2) is 0 Å². The van der Waals surface area contributed by atoms with Crippen molar-refractivity contribution in [2.45, 2.75) is 38.6 Å². The van der Waals surface area contributed by atoms with E-state index < -0.39 is 0 Å². The van der Waals surface area contributed by atoms with Gasteiger partial charge in [0.2, 0.25) is 5.91 Å². The minimum atomic E-state index is -0.0618. The number of rotatable bonds is 3. The maximum atomic E-state index is 12.9. The smallest absolute Gasteiger partial charge is 0.253 e. The Morgan fingerprint density at radius 1 is 1.04 bits per heavy atom. The number of amides is 2. The minimum Gasteiger partial charge on any atom is -0.342 e. The summed E-state index contributed by atoms with van der Waals surface area (Å²) in [5.74, 6) is 0.710. The summed E-state index contributed by atoms with van der Waals surface area (Å²) in [6.07, 6.45) is 3.75. The molecule has 2 N–H and O–H groups in total. The molecule has 0 aromatic heterocycles. The molecule has 0 spiro atoms. The fourth-order valence-electron chi connectivity index (χ4n) is 4.03. The molecule has 144 valence electrons. The van der Waals surface area contributed by atoms with Crippen LogP contribution in [0.3, 0.4) is 0 Å². The van der Waals surface area contributed by atoms with Crippen molar-refractivity contribution >= 4 is 24.2 Å². The number of hydrogen-bond donors (Lipinski definition) is 1. The molecule has 0 bridgehead atoms. The first kappa shape index (κ1) is 20.7. The van der Waals surface area contributed by atoms with Crippen LogP contribution in [0.5, 0.6) is 0 Å². The number of halogens is 1. The van der Waals surface area contributed by atoms with E-state index in [4.69, 9.17) is 5.73 Å². The molecule has 3 rings (SSSR count). The Bertz CT molecular complexity index is 600. The average molecular weight is 380 g/mol. The standard InChI is InChI=1S/C20H29N3O2.ClH/c1-15(21)16-9-12-22(13-10-16)20(25)18-8-5-11-23(14-18)19(24)17-6-3-2-4-7-17;/h2-4,6-7,15-16,18H,5,8-14,21H2,1H3;1H. The summed E-state index contributed by atoms with van der Waals surface area (Å²) < 4.78 is 0. The third-order valence-corrected chi connectivity index (χ3v) is 5.67. The number of nitrogens with two attached hydrogens (primary N) is 1. The molecule has 2 aliphatic heterocycles. The predicted octanol–water partition coefficient (Wildman–Crippen LogP) is 2.55. The number of benzene rings is 1. The zero-order chi connectivity index (χ0) is 17.8. The summed E-state index contributed by atoms with van der Waals surface area (Å²) in [6.45, 7) is 4.93. The molecule has 2 unspecified atom stereocenters. The monoisotopic (exact) mass is 379 g/mol. The SMILES string of the molecule is CC(N)C1CCN(C(=O)C2CCCN(C(=O)c3ccccc3)C2)CC1.Cl. The highest BCUT2D eigenvalue weighted by molar-refractivity contribution is 5.94. The number of piperidine rings is 2. The highest BCUT2D eigenvalue weighted by Crippen LogP contribution is 2.25. The van der Waals surface area contributed by atoms with E-state index in [1.165, 1.54) is 0 Å². The van der Waals surface area contributed by atoms with Gasteiger partial charge in [0.1, 0.15) is 0 Å². The van der Waals surface area contributed by atoms with Crippen LogP contribution in [0.15, 0.2) is 30.3 Å². The van der Waals surface area contributed by atoms with Crippen LogP contribution in [0.1, 0.15) is 43.0 Å². The average Bonchev–Trinajstić information content (AvgIpc) is 2.67. The number of likely N-dealkylation sites (tertiary alicyclic amines) is 2. The molecule has 2 atom stereocenters. The van der Waals surface area contributed by atoms with Crippen LogP contribution < -0.4 is 5.73 Å². The molecular formula is C20H30ClN3O2. The van der Waals surface area contributed by atoms with Crippen molar-refractivity contribution in [3.8, 4) is 0 Å². The first-order valence-corrected chi connectivity index (χ1v) is 9.45. The topological polar surface area (TPSA) is 66.6 Å². The van der Waals surface area contributed by atoms with Crippen molar-refractivity contribution in [2.75, 3.05) is 26.2 Å². The molecule has 5 nitrogen and oxygen atoms in total. The maximum Gasteiger partial charge on any atom is 0.253 e. The van der Waals surface area contributed by atoms with Gasteiger partial charge >= 0.3 is 0 Å². The Labute approximate surface area is 162 Å². The molecule has 0 saturated carbocycles. The quantitative estimate of drug-likeness (QED) is 0.877. The number of carbonyl (C=O) groups excluding carboxylic acids is 2. The number of carbonyl (C=O) groups is 2. The Kier molecular flexibility index (Phi) is 7.47. The van der Waals surface area contributed by atoms with Crippen molar-refractivity contribution < 1.29 is 9.59 Å². The molecule has 1 aromatic rings. The molecule has 0 aliphatic carbocycles. The fraction of sp³-hybridized carbons (Fsp3) is 0.600. The fourth-order valence-corrected chi connectivity index (χ4v) is 4.03. The van der Waals surface area contributed by atoms with E-state index in [1.807, 2.05) is 40.1 Å². The summed E-state index contributed by atoms with van der Waals surface area (Å²) in [5, 5.41) is 0. The van der Waals surface area contributed by atoms with Crippen molar-refractivity contribution in [3.63, 3.8) is 0 Å². The third kappa shape index (κ3) is 4.77. The molecule has 2 aliphatic rings. The van der Waals surface area contributed by atoms with E-state index in [0.29, 0.717) is 18.0 Å². The first-order chi connectivity index (χ1) is 12.1. The van der Waals surface area contributed by atoms with Crippen LogP contribution in [0, 0.1) is 11.8 Å². The van der Waals surface area contributed by atoms with Crippen molar-refractivity contribution in [1.82, 2.24) is 9.80 Å². The largest absolute Gasteiger partial charge is 0.342 e. The highest BCUT2D eigenvalue weighted by atomic mass is 35.5. The summed E-state index contributed by atoms with van der Waals surface area (Å²) in [5.41, 5.74) is 6.69. The number of hydrogen-bond acceptors (Lipinski definition) is 3. The van der Waals surface area contributed by atoms with Crippen LogP contribution >= 0.6 is 12.4 Å². The number of nitrogens with zero attached hydrogens (tertiary/aromatic N) is 2. The van der Waals surface area contributed by atoms with Gasteiger partial charge in [0, 0.05) is 37.8 Å². The lowest BCUT2D eigenvalue weighted by Gasteiger charge is -2.38. The van der Waals surface area contributed by atoms with Crippen molar-refractivity contribution in [2.24, 2.45) is 17.6 Å². The van der Waals surface area contributed by atoms with Crippen LogP contribution in [0.2, 0.25) is 0 Å². The molecule has 0 radical (unpaired) electrons. The van der Waals surface area contributed by atoms with E-state index in [9.17, 15) is 9.59 Å². The second kappa shape index (κ2) is 9.38. The molecule has 26 heavy (non-hydrogen) atoms. The molecule has 2 heterocycles. The van der Waals surface area contributed by atoms with Crippen LogP contribution in [0.25, 0.3) is 0 Å². The van der Waals surface area contributed by atoms with Gasteiger partial charge in [-0.1, -0.05) is 18.2 Å². The van der Waals surface area contributed by atoms with Gasteiger partial charge in [-0.2, -0.15) is 0 Å². The van der Waals surface area contributed by atoms with Crippen molar-refractivity contribution in [3.05, 3.63) is 35.9 Å². The molecule has 2 saturated heterocycles. The summed E-state index contributed by atoms with van der Waals surface area (Å²) in [6, 6.07) is 9.54. The zero-order valence-corrected chi connectivity index (χ0v) is 16.3. The molecular weight excluding hydrogens is 350 g/mol. The van der Waals surface area contributed by atoms with E-state index in [2.05, 4.69) is 6.92 Å². The van der Waals surface area contributed by atoms with Gasteiger partial charge in [0.05, 0.1) is 5.92 Å². The summed E-state index contributed by atoms with van der Waals surface area (Å²) in [7, 11) is 0. The minimum absolute atomic E-state index is 0. The molecule has 6 heteroatoms. The zero-order valence-electron chi connectivity index (χ0n) is 15.5. The van der Waals surface area contributed by atoms with E-state index in [1.54, 1.807) is 0 Å². The second-order valence-electron chi connectivity index (χ2n) is 7.48. The first-order valence-electron chi connectivity index (χ1n) is 9.45. The Morgan fingerprint density at radius 2 is 1.69 bits per heavy atom. The van der Waals surface area contributed by atoms with Crippen molar-refractivity contribution in [1.29, 1.82) is 0 Å². The van der Waals surface area contributed by atoms with E-state index >= 15 is 0 Å². The highest BCUT2D eigenvalue weighted by Gasteiger charge is 2.33. The lowest BCUT2D eigenvalue weighted by Crippen LogP contribution is -2.49. The summed E-state index contributed by atoms with van der Waals surface area (Å²) in [4.78, 5) is 29.4. The lowest BCUT2D eigenvalue weighted by molar-refractivity contribution is -0.138. The van der Waals surface area contributed by atoms with Gasteiger partial charge in [-0.05, 0) is 50.7 Å². The van der Waals surface area contributed by atoms with E-state index in [0.717, 1.165) is 45.3 Å². The van der Waals surface area contributed by atoms with Gasteiger partial charge in [0.15, 0.2) is 0 Å². The third-order valence-electron chi connectivity index (χ3n) is 5.67. The van der Waals surface area contributed by atoms with Gasteiger partial charge in [-0.15, -0.1) is 12.4 Å². The summed E-state index contributed by atoms with van der Waals surface area (Å²) >= 11 is 0. The predicted molar refractivity (Wildman–Crippen MR) is 105 cm³/mol. The van der Waals surface area contributed by atoms with Crippen LogP contribution in [-0.2, 0) is 4.79 Å². The van der Waals surface area contributed by atoms with Gasteiger partial charge in [0.25, 0.3) is 5.91 Å². The molecule has 1 aromatic carbocycles. The molecule has 2 amide bonds. The van der Waals surface area contributed by atoms with Crippen LogP contribution in [-0.4, -0.2) is 53.8 Å². The Morgan fingerprint density at radius 3 is 2.31 bits per heavy atom. The second-order valence-corrected chi connectivity index (χ2v) is 7.48. The normalized spacial score (nSPS) is 22.5. The Balaban J connectivity index is 0.00000243. The van der Waals surface area contributed by atoms with Gasteiger partial charge < -0.3 is 15.5 Å². The van der Waals surface area contributed by atoms with Crippen LogP contribution in [0.4, 0.5) is 0 Å². The maximum absolute atomic E-state index is 12.9. The lowest BCUT2D eigenvalue weighted by atomic mass is 9.89. The van der Waals surface area contributed by atoms with E-state index in [-0.39, 0.29) is 36.2 Å². The van der Waals surface area contributed by atoms with Gasteiger partial charge in [-0.3, -0.25) is 9.59 Å².